The Morgan fingerprint density at radius 2 is 2.10 bits per heavy atom. The Labute approximate surface area is 122 Å². The number of hydrogen-bond donors (Lipinski definition) is 2. The van der Waals surface area contributed by atoms with Crippen molar-refractivity contribution in [2.45, 2.75) is 6.54 Å². The summed E-state index contributed by atoms with van der Waals surface area (Å²) in [5, 5.41) is 15.9. The Morgan fingerprint density at radius 1 is 1.30 bits per heavy atom. The lowest BCUT2D eigenvalue weighted by molar-refractivity contribution is -0.134. The molecule has 3 rings (SSSR count). The number of thiazole rings is 1. The predicted octanol–water partition coefficient (Wildman–Crippen LogP) is 1.91. The Bertz CT molecular complexity index is 547. The van der Waals surface area contributed by atoms with E-state index in [-0.39, 0.29) is 12.0 Å². The van der Waals surface area contributed by atoms with Gasteiger partial charge in [-0.2, -0.15) is 0 Å². The molecule has 0 spiro atoms. The van der Waals surface area contributed by atoms with Gasteiger partial charge in [-0.15, -0.1) is 11.3 Å². The highest BCUT2D eigenvalue weighted by Crippen LogP contribution is 2.26. The van der Waals surface area contributed by atoms with Gasteiger partial charge in [0.2, 0.25) is 0 Å². The molecule has 2 aromatic rings. The highest BCUT2D eigenvalue weighted by Gasteiger charge is 2.37. The summed E-state index contributed by atoms with van der Waals surface area (Å²) in [4.78, 5) is 4.63. The second kappa shape index (κ2) is 6.01. The molecular formula is C15H18N2O2S. The van der Waals surface area contributed by atoms with Crippen LogP contribution in [0.4, 0.5) is 0 Å². The first kappa shape index (κ1) is 13.7. The molecule has 0 aliphatic carbocycles. The summed E-state index contributed by atoms with van der Waals surface area (Å²) in [5.74, 6) is 0. The van der Waals surface area contributed by atoms with E-state index in [2.05, 4.69) is 27.8 Å². The van der Waals surface area contributed by atoms with Crippen LogP contribution in [-0.2, 0) is 11.3 Å². The zero-order valence-corrected chi connectivity index (χ0v) is 12.0. The summed E-state index contributed by atoms with van der Waals surface area (Å²) in [7, 11) is 0. The van der Waals surface area contributed by atoms with E-state index in [9.17, 15) is 5.11 Å². The zero-order chi connectivity index (χ0) is 13.8. The van der Waals surface area contributed by atoms with Gasteiger partial charge < -0.3 is 15.2 Å². The molecule has 0 unspecified atom stereocenters. The van der Waals surface area contributed by atoms with E-state index in [1.54, 1.807) is 11.3 Å². The molecule has 4 nitrogen and oxygen atoms in total. The quantitative estimate of drug-likeness (QED) is 0.853. The molecule has 106 valence electrons. The first-order valence-corrected chi connectivity index (χ1v) is 7.58. The summed E-state index contributed by atoms with van der Waals surface area (Å²) in [5.41, 5.74) is 2.09. The van der Waals surface area contributed by atoms with Crippen molar-refractivity contribution in [1.29, 1.82) is 0 Å². The minimum atomic E-state index is -0.0838. The van der Waals surface area contributed by atoms with E-state index < -0.39 is 0 Å². The van der Waals surface area contributed by atoms with Crippen LogP contribution in [0, 0.1) is 5.41 Å². The fourth-order valence-corrected chi connectivity index (χ4v) is 2.98. The molecule has 1 aromatic heterocycles. The average molecular weight is 290 g/mol. The molecule has 0 amide bonds. The van der Waals surface area contributed by atoms with Gasteiger partial charge in [-0.1, -0.05) is 30.3 Å². The maximum absolute atomic E-state index is 9.35. The number of nitrogens with one attached hydrogen (secondary N) is 1. The van der Waals surface area contributed by atoms with Crippen molar-refractivity contribution >= 4 is 11.3 Å². The van der Waals surface area contributed by atoms with Crippen molar-refractivity contribution in [3.63, 3.8) is 0 Å². The molecule has 1 fully saturated rings. The Kier molecular flexibility index (Phi) is 4.12. The minimum Gasteiger partial charge on any atom is -0.396 e. The normalized spacial score (nSPS) is 16.9. The maximum atomic E-state index is 9.35. The van der Waals surface area contributed by atoms with Crippen molar-refractivity contribution in [2.24, 2.45) is 5.41 Å². The van der Waals surface area contributed by atoms with E-state index in [4.69, 9.17) is 4.74 Å². The number of rotatable bonds is 6. The Morgan fingerprint density at radius 3 is 2.75 bits per heavy atom. The molecule has 2 N–H and O–H groups in total. The van der Waals surface area contributed by atoms with Crippen molar-refractivity contribution in [2.75, 3.05) is 26.4 Å². The molecule has 1 aliphatic rings. The SMILES string of the molecule is OCC1(CNCc2nc(-c3ccccc3)cs2)COC1. The summed E-state index contributed by atoms with van der Waals surface area (Å²) in [6, 6.07) is 10.2. The largest absolute Gasteiger partial charge is 0.396 e. The van der Waals surface area contributed by atoms with Crippen LogP contribution in [0.5, 0.6) is 0 Å². The fraction of sp³-hybridized carbons (Fsp3) is 0.400. The summed E-state index contributed by atoms with van der Waals surface area (Å²) >= 11 is 1.66. The van der Waals surface area contributed by atoms with Gasteiger partial charge in [0.05, 0.1) is 30.9 Å². The van der Waals surface area contributed by atoms with E-state index in [1.165, 1.54) is 0 Å². The zero-order valence-electron chi connectivity index (χ0n) is 11.2. The van der Waals surface area contributed by atoms with Crippen LogP contribution in [0.2, 0.25) is 0 Å². The number of hydrogen-bond acceptors (Lipinski definition) is 5. The maximum Gasteiger partial charge on any atom is 0.107 e. The van der Waals surface area contributed by atoms with Crippen LogP contribution in [0.15, 0.2) is 35.7 Å². The van der Waals surface area contributed by atoms with Crippen LogP contribution in [0.1, 0.15) is 5.01 Å². The second-order valence-electron chi connectivity index (χ2n) is 5.25. The smallest absolute Gasteiger partial charge is 0.107 e. The van der Waals surface area contributed by atoms with E-state index >= 15 is 0 Å². The molecule has 20 heavy (non-hydrogen) atoms. The third kappa shape index (κ3) is 2.91. The van der Waals surface area contributed by atoms with Crippen LogP contribution >= 0.6 is 11.3 Å². The van der Waals surface area contributed by atoms with Crippen molar-refractivity contribution in [3.8, 4) is 11.3 Å². The van der Waals surface area contributed by atoms with Crippen molar-refractivity contribution in [1.82, 2.24) is 10.3 Å². The fourth-order valence-electron chi connectivity index (χ4n) is 2.21. The van der Waals surface area contributed by atoms with Gasteiger partial charge in [0.25, 0.3) is 0 Å². The summed E-state index contributed by atoms with van der Waals surface area (Å²) in [6.07, 6.45) is 0. The lowest BCUT2D eigenvalue weighted by atomic mass is 9.87. The summed E-state index contributed by atoms with van der Waals surface area (Å²) in [6.45, 7) is 2.96. The number of ether oxygens (including phenoxy) is 1. The number of aliphatic hydroxyl groups excluding tert-OH is 1. The van der Waals surface area contributed by atoms with Gasteiger partial charge >= 0.3 is 0 Å². The van der Waals surface area contributed by atoms with Gasteiger partial charge in [0.1, 0.15) is 5.01 Å². The van der Waals surface area contributed by atoms with Gasteiger partial charge in [-0.05, 0) is 0 Å². The van der Waals surface area contributed by atoms with Gasteiger partial charge in [-0.25, -0.2) is 4.98 Å². The minimum absolute atomic E-state index is 0.0838. The molecular weight excluding hydrogens is 272 g/mol. The number of aromatic nitrogens is 1. The van der Waals surface area contributed by atoms with Crippen molar-refractivity contribution in [3.05, 3.63) is 40.7 Å². The van der Waals surface area contributed by atoms with Gasteiger partial charge in [0.15, 0.2) is 0 Å². The molecule has 2 heterocycles. The first-order chi connectivity index (χ1) is 9.81. The molecule has 5 heteroatoms. The molecule has 0 radical (unpaired) electrons. The topological polar surface area (TPSA) is 54.4 Å². The monoisotopic (exact) mass is 290 g/mol. The molecule has 1 saturated heterocycles. The first-order valence-electron chi connectivity index (χ1n) is 6.70. The highest BCUT2D eigenvalue weighted by atomic mass is 32.1. The van der Waals surface area contributed by atoms with Crippen LogP contribution in [-0.4, -0.2) is 36.5 Å². The molecule has 0 bridgehead atoms. The van der Waals surface area contributed by atoms with Crippen molar-refractivity contribution < 1.29 is 9.84 Å². The second-order valence-corrected chi connectivity index (χ2v) is 6.19. The highest BCUT2D eigenvalue weighted by molar-refractivity contribution is 7.09. The lowest BCUT2D eigenvalue weighted by Gasteiger charge is -2.39. The molecule has 1 aliphatic heterocycles. The lowest BCUT2D eigenvalue weighted by Crippen LogP contribution is -2.52. The van der Waals surface area contributed by atoms with Gasteiger partial charge in [-0.3, -0.25) is 0 Å². The Hall–Kier alpha value is -1.27. The third-order valence-electron chi connectivity index (χ3n) is 3.55. The number of aliphatic hydroxyl groups is 1. The Balaban J connectivity index is 1.55. The predicted molar refractivity (Wildman–Crippen MR) is 79.6 cm³/mol. The van der Waals surface area contributed by atoms with Crippen LogP contribution < -0.4 is 5.32 Å². The molecule has 1 aromatic carbocycles. The van der Waals surface area contributed by atoms with E-state index in [0.717, 1.165) is 29.4 Å². The van der Waals surface area contributed by atoms with E-state index in [1.807, 2.05) is 18.2 Å². The number of nitrogens with zero attached hydrogens (tertiary/aromatic N) is 1. The molecule has 0 saturated carbocycles. The van der Waals surface area contributed by atoms with E-state index in [0.29, 0.717) is 13.2 Å². The number of benzene rings is 1. The third-order valence-corrected chi connectivity index (χ3v) is 4.40. The summed E-state index contributed by atoms with van der Waals surface area (Å²) < 4.78 is 5.18. The van der Waals surface area contributed by atoms with Crippen LogP contribution in [0.3, 0.4) is 0 Å². The van der Waals surface area contributed by atoms with Gasteiger partial charge in [0, 0.05) is 24.0 Å². The van der Waals surface area contributed by atoms with Crippen LogP contribution in [0.25, 0.3) is 11.3 Å². The standard InChI is InChI=1S/C15H18N2O2S/c18-9-15(10-19-11-15)8-16-6-14-17-13(7-20-14)12-4-2-1-3-5-12/h1-5,7,16,18H,6,8-11H2. The average Bonchev–Trinajstić information content (AvgIpc) is 2.92. The molecule has 0 atom stereocenters.